The molecule has 7 heteroatoms. The summed E-state index contributed by atoms with van der Waals surface area (Å²) in [5.41, 5.74) is 10.2. The lowest BCUT2D eigenvalue weighted by molar-refractivity contribution is 0.0594. The van der Waals surface area contributed by atoms with Crippen LogP contribution in [0.5, 0.6) is 5.75 Å². The zero-order valence-corrected chi connectivity index (χ0v) is 19.6. The molecule has 2 fully saturated rings. The summed E-state index contributed by atoms with van der Waals surface area (Å²) in [6, 6.07) is 11.2. The van der Waals surface area contributed by atoms with E-state index in [0.29, 0.717) is 11.3 Å². The van der Waals surface area contributed by atoms with Crippen LogP contribution in [0.15, 0.2) is 42.6 Å². The van der Waals surface area contributed by atoms with Crippen molar-refractivity contribution < 1.29 is 18.7 Å². The first-order valence-electron chi connectivity index (χ1n) is 11.9. The van der Waals surface area contributed by atoms with Gasteiger partial charge in [-0.3, -0.25) is 4.68 Å². The molecular formula is C27H30FN3O3. The van der Waals surface area contributed by atoms with Crippen LogP contribution in [-0.4, -0.2) is 35.0 Å². The van der Waals surface area contributed by atoms with Crippen molar-refractivity contribution >= 4 is 5.97 Å². The Labute approximate surface area is 198 Å². The zero-order chi connectivity index (χ0) is 23.8. The molecule has 0 bridgehead atoms. The molecule has 0 amide bonds. The Kier molecular flexibility index (Phi) is 6.13. The molecule has 2 N–H and O–H groups in total. The van der Waals surface area contributed by atoms with E-state index in [4.69, 9.17) is 15.2 Å². The molecule has 1 heterocycles. The summed E-state index contributed by atoms with van der Waals surface area (Å²) < 4.78 is 28.1. The smallest absolute Gasteiger partial charge is 0.359 e. The lowest BCUT2D eigenvalue weighted by Crippen LogP contribution is -2.19. The number of nitrogens with two attached hydrogens (primary N) is 1. The first-order chi connectivity index (χ1) is 16.4. The number of nitrogens with zero attached hydrogens (tertiary/aromatic N) is 2. The number of aryl methyl sites for hydroxylation is 1. The van der Waals surface area contributed by atoms with E-state index in [0.717, 1.165) is 60.8 Å². The van der Waals surface area contributed by atoms with Gasteiger partial charge in [0.25, 0.3) is 0 Å². The Morgan fingerprint density at radius 1 is 1.12 bits per heavy atom. The minimum atomic E-state index is -0.502. The minimum Gasteiger partial charge on any atom is -0.490 e. The fourth-order valence-corrected chi connectivity index (χ4v) is 5.10. The fraction of sp³-hybridized carbons (Fsp3) is 0.407. The van der Waals surface area contributed by atoms with Gasteiger partial charge in [-0.1, -0.05) is 24.6 Å². The van der Waals surface area contributed by atoms with Gasteiger partial charge in [0.05, 0.1) is 7.11 Å². The lowest BCUT2D eigenvalue weighted by atomic mass is 9.76. The number of hydrogen-bond acceptors (Lipinski definition) is 5. The summed E-state index contributed by atoms with van der Waals surface area (Å²) >= 11 is 0. The molecule has 3 aromatic rings. The number of carbonyl (C=O) groups excluding carboxylic acids is 1. The summed E-state index contributed by atoms with van der Waals surface area (Å²) in [5.74, 6) is 0.227. The third-order valence-corrected chi connectivity index (χ3v) is 7.07. The maximum Gasteiger partial charge on any atom is 0.359 e. The molecule has 0 saturated heterocycles. The van der Waals surface area contributed by atoms with Gasteiger partial charge in [-0.25, -0.2) is 9.18 Å². The molecule has 34 heavy (non-hydrogen) atoms. The highest BCUT2D eigenvalue weighted by molar-refractivity contribution is 5.96. The number of benzene rings is 2. The molecule has 178 valence electrons. The predicted molar refractivity (Wildman–Crippen MR) is 128 cm³/mol. The molecule has 1 aromatic heterocycles. The number of esters is 1. The summed E-state index contributed by atoms with van der Waals surface area (Å²) in [6.45, 7) is 0. The van der Waals surface area contributed by atoms with Gasteiger partial charge >= 0.3 is 5.97 Å². The molecule has 5 rings (SSSR count). The molecule has 0 spiro atoms. The van der Waals surface area contributed by atoms with Crippen molar-refractivity contribution in [3.63, 3.8) is 0 Å². The van der Waals surface area contributed by atoms with Crippen LogP contribution in [0.1, 0.15) is 60.5 Å². The third-order valence-electron chi connectivity index (χ3n) is 7.07. The van der Waals surface area contributed by atoms with Gasteiger partial charge in [0, 0.05) is 30.4 Å². The second-order valence-electron chi connectivity index (χ2n) is 9.41. The van der Waals surface area contributed by atoms with Gasteiger partial charge < -0.3 is 15.2 Å². The highest BCUT2D eigenvalue weighted by Crippen LogP contribution is 2.46. The van der Waals surface area contributed by atoms with Crippen molar-refractivity contribution in [1.29, 1.82) is 0 Å². The van der Waals surface area contributed by atoms with Crippen molar-refractivity contribution in [2.45, 2.75) is 56.6 Å². The number of hydrogen-bond donors (Lipinski definition) is 1. The first kappa shape index (κ1) is 22.6. The topological polar surface area (TPSA) is 79.4 Å². The molecule has 0 unspecified atom stereocenters. The Morgan fingerprint density at radius 2 is 1.94 bits per heavy atom. The van der Waals surface area contributed by atoms with E-state index >= 15 is 4.39 Å². The van der Waals surface area contributed by atoms with Crippen molar-refractivity contribution in [3.05, 3.63) is 59.7 Å². The van der Waals surface area contributed by atoms with Crippen LogP contribution in [0.3, 0.4) is 0 Å². The second-order valence-corrected chi connectivity index (χ2v) is 9.41. The van der Waals surface area contributed by atoms with Gasteiger partial charge in [0.2, 0.25) is 0 Å². The Bertz CT molecular complexity index is 1220. The summed E-state index contributed by atoms with van der Waals surface area (Å²) in [6.07, 6.45) is 7.53. The van der Waals surface area contributed by atoms with E-state index in [9.17, 15) is 4.79 Å². The minimum absolute atomic E-state index is 0.0318. The highest BCUT2D eigenvalue weighted by Gasteiger charge is 2.29. The quantitative estimate of drug-likeness (QED) is 0.508. The summed E-state index contributed by atoms with van der Waals surface area (Å²) in [7, 11) is 3.10. The average Bonchev–Trinajstić information content (AvgIpc) is 3.38. The molecule has 0 radical (unpaired) electrons. The Morgan fingerprint density at radius 3 is 2.62 bits per heavy atom. The predicted octanol–water partition coefficient (Wildman–Crippen LogP) is 5.21. The molecule has 2 aliphatic rings. The highest BCUT2D eigenvalue weighted by atomic mass is 19.1. The number of rotatable bonds is 6. The molecule has 2 saturated carbocycles. The van der Waals surface area contributed by atoms with Crippen LogP contribution in [-0.2, 0) is 11.8 Å². The maximum absolute atomic E-state index is 15.1. The summed E-state index contributed by atoms with van der Waals surface area (Å²) in [5, 5.41) is 4.29. The van der Waals surface area contributed by atoms with E-state index in [-0.39, 0.29) is 29.6 Å². The van der Waals surface area contributed by atoms with Crippen LogP contribution >= 0.6 is 0 Å². The SMILES string of the molecule is COC(=O)c1nn(C)cc1-c1ccc(O[C@@H]2CC[C@@H](N)C2)c(-c2cccc(F)c2C2CCC2)c1. The zero-order valence-electron chi connectivity index (χ0n) is 19.6. The average molecular weight is 464 g/mol. The van der Waals surface area contributed by atoms with Crippen LogP contribution in [0, 0.1) is 5.82 Å². The Balaban J connectivity index is 1.65. The van der Waals surface area contributed by atoms with Gasteiger partial charge in [-0.05, 0) is 72.9 Å². The van der Waals surface area contributed by atoms with E-state index in [1.807, 2.05) is 24.3 Å². The first-order valence-corrected chi connectivity index (χ1v) is 11.9. The van der Waals surface area contributed by atoms with Crippen molar-refractivity contribution in [2.75, 3.05) is 7.11 Å². The Hall–Kier alpha value is -3.19. The number of methoxy groups -OCH3 is 1. The van der Waals surface area contributed by atoms with Gasteiger partial charge in [-0.2, -0.15) is 5.10 Å². The largest absolute Gasteiger partial charge is 0.490 e. The van der Waals surface area contributed by atoms with Crippen LogP contribution in [0.2, 0.25) is 0 Å². The monoisotopic (exact) mass is 463 g/mol. The van der Waals surface area contributed by atoms with E-state index in [1.54, 1.807) is 24.0 Å². The standard InChI is InChI=1S/C27H30FN3O3/c1-31-15-22(26(30-31)27(32)33-2)17-9-12-24(34-19-11-10-18(29)14-19)21(13-17)20-7-4-8-23(28)25(20)16-5-3-6-16/h4,7-9,12-13,15-16,18-19H,3,5-6,10-11,14,29H2,1-2H3/t18-,19-/m1/s1. The van der Waals surface area contributed by atoms with E-state index < -0.39 is 5.97 Å². The number of ether oxygens (including phenoxy) is 2. The van der Waals surface area contributed by atoms with Gasteiger partial charge in [-0.15, -0.1) is 0 Å². The van der Waals surface area contributed by atoms with Crippen molar-refractivity contribution in [1.82, 2.24) is 9.78 Å². The van der Waals surface area contributed by atoms with Crippen LogP contribution in [0.25, 0.3) is 22.3 Å². The molecule has 2 atom stereocenters. The molecular weight excluding hydrogens is 433 g/mol. The van der Waals surface area contributed by atoms with Crippen LogP contribution in [0.4, 0.5) is 4.39 Å². The van der Waals surface area contributed by atoms with Crippen LogP contribution < -0.4 is 10.5 Å². The van der Waals surface area contributed by atoms with E-state index in [2.05, 4.69) is 5.10 Å². The number of halogens is 1. The van der Waals surface area contributed by atoms with Gasteiger partial charge in [0.15, 0.2) is 5.69 Å². The normalized spacial score (nSPS) is 20.2. The van der Waals surface area contributed by atoms with E-state index in [1.165, 1.54) is 13.2 Å². The molecule has 2 aromatic carbocycles. The lowest BCUT2D eigenvalue weighted by Gasteiger charge is -2.29. The van der Waals surface area contributed by atoms with Gasteiger partial charge in [0.1, 0.15) is 17.7 Å². The molecule has 6 nitrogen and oxygen atoms in total. The third kappa shape index (κ3) is 4.20. The molecule has 0 aliphatic heterocycles. The number of aromatic nitrogens is 2. The second kappa shape index (κ2) is 9.22. The summed E-state index contributed by atoms with van der Waals surface area (Å²) in [4.78, 5) is 12.4. The number of carbonyl (C=O) groups is 1. The maximum atomic E-state index is 15.1. The fourth-order valence-electron chi connectivity index (χ4n) is 5.10. The van der Waals surface area contributed by atoms with Crippen molar-refractivity contribution in [3.8, 4) is 28.0 Å². The molecule has 2 aliphatic carbocycles. The van der Waals surface area contributed by atoms with Crippen molar-refractivity contribution in [2.24, 2.45) is 12.8 Å².